The number of nitriles is 1. The van der Waals surface area contributed by atoms with Gasteiger partial charge in [-0.2, -0.15) is 10.4 Å². The van der Waals surface area contributed by atoms with E-state index < -0.39 is 29.2 Å². The van der Waals surface area contributed by atoms with Crippen LogP contribution in [0.2, 0.25) is 0 Å². The Hall–Kier alpha value is -7.98. The summed E-state index contributed by atoms with van der Waals surface area (Å²) >= 11 is 0. The second kappa shape index (κ2) is 19.8. The summed E-state index contributed by atoms with van der Waals surface area (Å²) in [6, 6.07) is 23.4. The minimum atomic E-state index is -1.20. The molecule has 4 saturated heterocycles. The molecule has 4 fully saturated rings. The van der Waals surface area contributed by atoms with Crippen molar-refractivity contribution >= 4 is 52.0 Å². The van der Waals surface area contributed by atoms with Crippen molar-refractivity contribution in [2.75, 3.05) is 85.5 Å². The molecule has 4 aliphatic rings. The van der Waals surface area contributed by atoms with Crippen LogP contribution in [0.3, 0.4) is 0 Å². The van der Waals surface area contributed by atoms with Gasteiger partial charge in [0.05, 0.1) is 47.6 Å². The lowest BCUT2D eigenvalue weighted by Gasteiger charge is -2.41. The van der Waals surface area contributed by atoms with Gasteiger partial charge in [-0.05, 0) is 85.5 Å². The Bertz CT molecular complexity index is 3010. The van der Waals surface area contributed by atoms with Gasteiger partial charge in [-0.3, -0.25) is 29.5 Å². The van der Waals surface area contributed by atoms with E-state index >= 15 is 4.39 Å². The van der Waals surface area contributed by atoms with Crippen molar-refractivity contribution < 1.29 is 33.1 Å². The smallest absolute Gasteiger partial charge is 0.249 e. The van der Waals surface area contributed by atoms with E-state index in [9.17, 15) is 33.9 Å². The zero-order valence-corrected chi connectivity index (χ0v) is 38.9. The van der Waals surface area contributed by atoms with Crippen molar-refractivity contribution in [3.8, 4) is 28.3 Å². The number of aromatic nitrogens is 4. The Morgan fingerprint density at radius 1 is 0.775 bits per heavy atom. The van der Waals surface area contributed by atoms with Crippen LogP contribution in [0.4, 0.5) is 31.7 Å². The van der Waals surface area contributed by atoms with Gasteiger partial charge in [0.2, 0.25) is 23.6 Å². The minimum absolute atomic E-state index is 0.00758. The van der Waals surface area contributed by atoms with Crippen molar-refractivity contribution in [2.45, 2.75) is 50.2 Å². The second-order valence-electron chi connectivity index (χ2n) is 18.6. The van der Waals surface area contributed by atoms with Gasteiger partial charge in [0.25, 0.3) is 0 Å². The number of aliphatic hydroxyl groups is 1. The van der Waals surface area contributed by atoms with E-state index in [-0.39, 0.29) is 37.0 Å². The number of anilines is 4. The van der Waals surface area contributed by atoms with Gasteiger partial charge >= 0.3 is 0 Å². The highest BCUT2D eigenvalue weighted by molar-refractivity contribution is 6.01. The lowest BCUT2D eigenvalue weighted by Crippen LogP contribution is -2.52. The third-order valence-corrected chi connectivity index (χ3v) is 14.1. The number of nitrogens with zero attached hydrogens (tertiary/aromatic N) is 10. The zero-order chi connectivity index (χ0) is 49.2. The molecule has 8 heterocycles. The number of piperazine rings is 2. The number of benzene rings is 2. The topological polar surface area (TPSA) is 196 Å². The van der Waals surface area contributed by atoms with E-state index in [0.717, 1.165) is 40.0 Å². The minimum Gasteiger partial charge on any atom is -0.389 e. The first-order valence-electron chi connectivity index (χ1n) is 23.9. The zero-order valence-electron chi connectivity index (χ0n) is 38.9. The van der Waals surface area contributed by atoms with Crippen molar-refractivity contribution in [1.29, 1.82) is 5.26 Å². The number of carbonyl (C=O) groups excluding carboxylic acids is 4. The fourth-order valence-corrected chi connectivity index (χ4v) is 9.97. The highest BCUT2D eigenvalue weighted by atomic mass is 19.1. The number of rotatable bonds is 11. The number of hydrogen-bond acceptors (Lipinski definition) is 13. The van der Waals surface area contributed by atoms with Crippen LogP contribution >= 0.6 is 0 Å². The highest BCUT2D eigenvalue weighted by Gasteiger charge is 2.37. The van der Waals surface area contributed by atoms with Gasteiger partial charge in [0.15, 0.2) is 0 Å². The first-order chi connectivity index (χ1) is 34.4. The normalized spacial score (nSPS) is 18.3. The Morgan fingerprint density at radius 3 is 2.15 bits per heavy atom. The third kappa shape index (κ3) is 10.2. The van der Waals surface area contributed by atoms with E-state index in [0.29, 0.717) is 113 Å². The largest absolute Gasteiger partial charge is 0.389 e. The van der Waals surface area contributed by atoms with E-state index in [1.54, 1.807) is 38.8 Å². The summed E-state index contributed by atoms with van der Waals surface area (Å²) in [5.41, 5.74) is 5.76. The molecule has 4 aromatic heterocycles. The molecule has 0 saturated carbocycles. The number of carbonyl (C=O) groups is 4. The highest BCUT2D eigenvalue weighted by Crippen LogP contribution is 2.35. The van der Waals surface area contributed by atoms with Crippen molar-refractivity contribution in [3.05, 3.63) is 120 Å². The van der Waals surface area contributed by atoms with Crippen LogP contribution in [0.1, 0.15) is 43.4 Å². The Morgan fingerprint density at radius 2 is 1.49 bits per heavy atom. The lowest BCUT2D eigenvalue weighted by atomic mass is 9.87. The Balaban J connectivity index is 0.725. The Labute approximate surface area is 408 Å². The van der Waals surface area contributed by atoms with Crippen LogP contribution in [-0.4, -0.2) is 135 Å². The average Bonchev–Trinajstić information content (AvgIpc) is 3.81. The van der Waals surface area contributed by atoms with Gasteiger partial charge in [-0.15, -0.1) is 0 Å². The third-order valence-electron chi connectivity index (χ3n) is 14.1. The lowest BCUT2D eigenvalue weighted by molar-refractivity contribution is -0.138. The molecule has 1 atom stereocenters. The number of imide groups is 1. The van der Waals surface area contributed by atoms with E-state index in [1.807, 2.05) is 29.3 Å². The number of hydrogen-bond donors (Lipinski definition) is 3. The van der Waals surface area contributed by atoms with E-state index in [1.165, 1.54) is 18.2 Å². The molecule has 17 nitrogen and oxygen atoms in total. The summed E-state index contributed by atoms with van der Waals surface area (Å²) in [4.78, 5) is 68.8. The predicted molar refractivity (Wildman–Crippen MR) is 261 cm³/mol. The maximum absolute atomic E-state index is 15.3. The van der Waals surface area contributed by atoms with Crippen LogP contribution in [0.25, 0.3) is 27.8 Å². The fraction of sp³-hybridized carbons (Fsp3) is 0.346. The molecule has 10 rings (SSSR count). The van der Waals surface area contributed by atoms with Gasteiger partial charge in [-0.1, -0.05) is 12.1 Å². The predicted octanol–water partition coefficient (Wildman–Crippen LogP) is 4.79. The molecule has 4 aliphatic heterocycles. The van der Waals surface area contributed by atoms with Gasteiger partial charge in [0.1, 0.15) is 29.6 Å². The molecule has 0 bridgehead atoms. The number of halogens is 2. The van der Waals surface area contributed by atoms with Gasteiger partial charge in [0, 0.05) is 118 Å². The molecule has 0 spiro atoms. The number of nitrogens with one attached hydrogen (secondary N) is 2. The molecule has 6 aromatic rings. The van der Waals surface area contributed by atoms with Gasteiger partial charge in [-0.25, -0.2) is 18.3 Å². The molecule has 0 aliphatic carbocycles. The number of piperidine rings is 2. The van der Waals surface area contributed by atoms with Crippen LogP contribution < -0.4 is 25.3 Å². The SMILES string of the molecule is N#Cc1cnn2cc(-c3ccc(N4CCN(C(=O)CC5(O)CCN(c6ccc(NC7CCC(=O)NC7=O)cc6F)CC5)CC4)cc3)cc(-c3ccc(N4CCN(C(=O)Cc5ccc(F)cn5)CC4)nc3)c12. The summed E-state index contributed by atoms with van der Waals surface area (Å²) in [5, 5.41) is 31.3. The summed E-state index contributed by atoms with van der Waals surface area (Å²) in [7, 11) is 0. The molecular formula is C52H52F2N12O5. The quantitative estimate of drug-likeness (QED) is 0.150. The maximum Gasteiger partial charge on any atom is 0.249 e. The summed E-state index contributed by atoms with van der Waals surface area (Å²) < 4.78 is 30.3. The first kappa shape index (κ1) is 46.7. The average molecular weight is 963 g/mol. The molecule has 2 aromatic carbocycles. The second-order valence-corrected chi connectivity index (χ2v) is 18.6. The molecule has 0 radical (unpaired) electrons. The van der Waals surface area contributed by atoms with E-state index in [4.69, 9.17) is 4.98 Å². The summed E-state index contributed by atoms with van der Waals surface area (Å²) in [6.45, 7) is 5.26. The molecule has 4 amide bonds. The van der Waals surface area contributed by atoms with Crippen LogP contribution in [0, 0.1) is 23.0 Å². The number of fused-ring (bicyclic) bond motifs is 1. The molecule has 3 N–H and O–H groups in total. The van der Waals surface area contributed by atoms with Crippen molar-refractivity contribution in [1.82, 2.24) is 34.7 Å². The van der Waals surface area contributed by atoms with Crippen molar-refractivity contribution in [2.24, 2.45) is 0 Å². The van der Waals surface area contributed by atoms with Crippen molar-refractivity contribution in [3.63, 3.8) is 0 Å². The van der Waals surface area contributed by atoms with Gasteiger partial charge < -0.3 is 34.9 Å². The Kier molecular flexibility index (Phi) is 13.0. The number of pyridine rings is 3. The van der Waals surface area contributed by atoms with Crippen LogP contribution in [0.15, 0.2) is 97.6 Å². The first-order valence-corrected chi connectivity index (χ1v) is 23.9. The van der Waals surface area contributed by atoms with Crippen LogP contribution in [0.5, 0.6) is 0 Å². The molecular weight excluding hydrogens is 911 g/mol. The van der Waals surface area contributed by atoms with Crippen LogP contribution in [-0.2, 0) is 25.6 Å². The standard InChI is InChI=1S/C52H52F2N12O5/c53-38-4-5-39(56-32-38)27-48(68)64-23-19-63(20-24-64)46-11-3-35(30-57-46)42-25-36(33-66-50(42)37(29-55)31-58-66)34-1-7-41(8-2-34)61-17-21-65(22-18-61)49(69)28-52(71)13-15-62(16-14-52)45-10-6-40(26-43(45)54)59-44-9-12-47(67)60-51(44)70/h1-8,10-11,25-26,30-33,44,59,71H,9,12-24,27-28H2,(H,60,67,70). The molecule has 71 heavy (non-hydrogen) atoms. The molecule has 19 heteroatoms. The fourth-order valence-electron chi connectivity index (χ4n) is 9.97. The number of amides is 4. The maximum atomic E-state index is 15.3. The summed E-state index contributed by atoms with van der Waals surface area (Å²) in [5.74, 6) is -1.04. The van der Waals surface area contributed by atoms with E-state index in [2.05, 4.69) is 60.9 Å². The molecule has 1 unspecified atom stereocenters. The monoisotopic (exact) mass is 962 g/mol. The molecule has 364 valence electrons. The summed E-state index contributed by atoms with van der Waals surface area (Å²) in [6.07, 6.45) is 7.66.